The van der Waals surface area contributed by atoms with E-state index in [4.69, 9.17) is 0 Å². The summed E-state index contributed by atoms with van der Waals surface area (Å²) in [7, 11) is 1.99. The second-order valence-corrected chi connectivity index (χ2v) is 5.45. The number of rotatable bonds is 8. The third-order valence-corrected chi connectivity index (χ3v) is 3.73. The van der Waals surface area contributed by atoms with E-state index in [-0.39, 0.29) is 0 Å². The van der Waals surface area contributed by atoms with Crippen molar-refractivity contribution in [3.05, 3.63) is 35.4 Å². The van der Waals surface area contributed by atoms with Crippen LogP contribution in [0, 0.1) is 11.8 Å². The van der Waals surface area contributed by atoms with Crippen molar-refractivity contribution in [2.75, 3.05) is 7.05 Å². The largest absolute Gasteiger partial charge is 0.313 e. The summed E-state index contributed by atoms with van der Waals surface area (Å²) in [6.07, 6.45) is 9.05. The molecule has 0 aromatic heterocycles. The summed E-state index contributed by atoms with van der Waals surface area (Å²) in [6.45, 7) is 8.42. The minimum absolute atomic E-state index is 0.403. The summed E-state index contributed by atoms with van der Waals surface area (Å²) < 4.78 is 0. The highest BCUT2D eigenvalue weighted by Crippen LogP contribution is 2.12. The molecule has 0 radical (unpaired) electrons. The fraction of sp³-hybridized carbons (Fsp3) is 0.619. The van der Waals surface area contributed by atoms with Crippen LogP contribution in [-0.2, 0) is 0 Å². The van der Waals surface area contributed by atoms with Gasteiger partial charge in [-0.05, 0) is 38.1 Å². The van der Waals surface area contributed by atoms with E-state index >= 15 is 0 Å². The molecule has 0 saturated carbocycles. The van der Waals surface area contributed by atoms with Crippen LogP contribution >= 0.6 is 0 Å². The van der Waals surface area contributed by atoms with E-state index in [0.29, 0.717) is 6.04 Å². The fourth-order valence-corrected chi connectivity index (χ4v) is 2.18. The first-order valence-corrected chi connectivity index (χ1v) is 9.04. The van der Waals surface area contributed by atoms with Crippen LogP contribution in [0.25, 0.3) is 0 Å². The van der Waals surface area contributed by atoms with Crippen molar-refractivity contribution < 1.29 is 0 Å². The molecule has 0 aliphatic carbocycles. The van der Waals surface area contributed by atoms with Crippen LogP contribution in [0.15, 0.2) is 24.3 Å². The molecular formula is C21H35N. The van der Waals surface area contributed by atoms with Crippen LogP contribution in [0.2, 0.25) is 0 Å². The van der Waals surface area contributed by atoms with Gasteiger partial charge in [0.1, 0.15) is 0 Å². The topological polar surface area (TPSA) is 12.0 Å². The van der Waals surface area contributed by atoms with Crippen LogP contribution in [0.4, 0.5) is 0 Å². The van der Waals surface area contributed by atoms with Gasteiger partial charge in [-0.1, -0.05) is 76.8 Å². The van der Waals surface area contributed by atoms with Crippen LogP contribution in [-0.4, -0.2) is 7.05 Å². The lowest BCUT2D eigenvalue weighted by atomic mass is 10.1. The molecule has 0 aliphatic heterocycles. The maximum Gasteiger partial charge on any atom is 0.0289 e. The molecule has 0 saturated heterocycles. The van der Waals surface area contributed by atoms with Crippen molar-refractivity contribution in [1.82, 2.24) is 5.32 Å². The van der Waals surface area contributed by atoms with Gasteiger partial charge in [-0.15, -0.1) is 0 Å². The van der Waals surface area contributed by atoms with E-state index < -0.39 is 0 Å². The van der Waals surface area contributed by atoms with Crippen molar-refractivity contribution in [1.29, 1.82) is 0 Å². The van der Waals surface area contributed by atoms with Gasteiger partial charge in [-0.3, -0.25) is 0 Å². The highest BCUT2D eigenvalue weighted by molar-refractivity contribution is 5.36. The van der Waals surface area contributed by atoms with Gasteiger partial charge in [0.25, 0.3) is 0 Å². The smallest absolute Gasteiger partial charge is 0.0289 e. The van der Waals surface area contributed by atoms with Crippen molar-refractivity contribution in [3.8, 4) is 11.8 Å². The van der Waals surface area contributed by atoms with E-state index in [1.807, 2.05) is 20.9 Å². The molecule has 1 rings (SSSR count). The fourth-order valence-electron chi connectivity index (χ4n) is 2.18. The summed E-state index contributed by atoms with van der Waals surface area (Å²) >= 11 is 0. The van der Waals surface area contributed by atoms with E-state index in [0.717, 1.165) is 12.0 Å². The van der Waals surface area contributed by atoms with Crippen molar-refractivity contribution in [3.63, 3.8) is 0 Å². The Bertz CT molecular complexity index is 408. The number of hydrogen-bond donors (Lipinski definition) is 1. The van der Waals surface area contributed by atoms with Crippen LogP contribution < -0.4 is 5.32 Å². The molecular weight excluding hydrogens is 266 g/mol. The minimum Gasteiger partial charge on any atom is -0.313 e. The van der Waals surface area contributed by atoms with E-state index in [1.165, 1.54) is 44.1 Å². The van der Waals surface area contributed by atoms with Gasteiger partial charge in [0.2, 0.25) is 0 Å². The standard InChI is InChI=1S/C19H29N.C2H6/c1-4-5-6-7-8-9-10-11-12-18-13-15-19(16-14-18)17(2)20-3;1-2/h13-17,20H,4-10H2,1-3H3;1-2H3. The van der Waals surface area contributed by atoms with Crippen molar-refractivity contribution >= 4 is 0 Å². The molecule has 0 bridgehead atoms. The third-order valence-electron chi connectivity index (χ3n) is 3.73. The second-order valence-electron chi connectivity index (χ2n) is 5.45. The monoisotopic (exact) mass is 301 g/mol. The SMILES string of the molecule is CC.CCCCCCCCC#Cc1ccc(C(C)NC)cc1. The molecule has 0 heterocycles. The first-order valence-electron chi connectivity index (χ1n) is 9.04. The van der Waals surface area contributed by atoms with Crippen LogP contribution in [0.5, 0.6) is 0 Å². The van der Waals surface area contributed by atoms with Crippen LogP contribution in [0.1, 0.15) is 89.8 Å². The molecule has 0 spiro atoms. The van der Waals surface area contributed by atoms with Gasteiger partial charge in [0.15, 0.2) is 0 Å². The maximum absolute atomic E-state index is 3.29. The molecule has 22 heavy (non-hydrogen) atoms. The van der Waals surface area contributed by atoms with Crippen LogP contribution in [0.3, 0.4) is 0 Å². The Hall–Kier alpha value is -1.26. The lowest BCUT2D eigenvalue weighted by Gasteiger charge is -2.09. The van der Waals surface area contributed by atoms with Gasteiger partial charge in [-0.2, -0.15) is 0 Å². The maximum atomic E-state index is 3.29. The van der Waals surface area contributed by atoms with E-state index in [9.17, 15) is 0 Å². The average Bonchev–Trinajstić information content (AvgIpc) is 2.59. The average molecular weight is 302 g/mol. The molecule has 0 amide bonds. The van der Waals surface area contributed by atoms with Crippen molar-refractivity contribution in [2.45, 2.75) is 78.7 Å². The quantitative estimate of drug-likeness (QED) is 0.452. The van der Waals surface area contributed by atoms with E-state index in [2.05, 4.69) is 55.3 Å². The summed E-state index contributed by atoms with van der Waals surface area (Å²) in [5.74, 6) is 6.55. The zero-order valence-electron chi connectivity index (χ0n) is 15.3. The van der Waals surface area contributed by atoms with Crippen molar-refractivity contribution in [2.24, 2.45) is 0 Å². The molecule has 1 heteroatoms. The highest BCUT2D eigenvalue weighted by atomic mass is 14.8. The zero-order valence-corrected chi connectivity index (χ0v) is 15.3. The Balaban J connectivity index is 0.00000211. The predicted octanol–water partition coefficient (Wildman–Crippen LogP) is 6.10. The highest BCUT2D eigenvalue weighted by Gasteiger charge is 2.00. The summed E-state index contributed by atoms with van der Waals surface area (Å²) in [5.41, 5.74) is 2.44. The minimum atomic E-state index is 0.403. The number of hydrogen-bond acceptors (Lipinski definition) is 1. The molecule has 1 N–H and O–H groups in total. The number of nitrogens with one attached hydrogen (secondary N) is 1. The van der Waals surface area contributed by atoms with Gasteiger partial charge in [0, 0.05) is 18.0 Å². The lowest BCUT2D eigenvalue weighted by Crippen LogP contribution is -2.11. The molecule has 124 valence electrons. The first-order chi connectivity index (χ1) is 10.8. The molecule has 0 fully saturated rings. The van der Waals surface area contributed by atoms with Gasteiger partial charge < -0.3 is 5.32 Å². The molecule has 1 aromatic rings. The second kappa shape index (κ2) is 14.7. The summed E-state index contributed by atoms with van der Waals surface area (Å²) in [5, 5.41) is 3.25. The molecule has 0 aliphatic rings. The van der Waals surface area contributed by atoms with E-state index in [1.54, 1.807) is 0 Å². The normalized spacial score (nSPS) is 11.0. The van der Waals surface area contributed by atoms with Gasteiger partial charge >= 0.3 is 0 Å². The molecule has 1 aromatic carbocycles. The zero-order chi connectivity index (χ0) is 16.6. The first kappa shape index (κ1) is 20.7. The number of benzene rings is 1. The molecule has 1 atom stereocenters. The summed E-state index contributed by atoms with van der Waals surface area (Å²) in [4.78, 5) is 0. The Morgan fingerprint density at radius 2 is 1.55 bits per heavy atom. The predicted molar refractivity (Wildman–Crippen MR) is 100 cm³/mol. The Morgan fingerprint density at radius 1 is 0.955 bits per heavy atom. The molecule has 1 unspecified atom stereocenters. The summed E-state index contributed by atoms with van der Waals surface area (Å²) in [6, 6.07) is 8.97. The Labute approximate surface area is 138 Å². The Kier molecular flexibility index (Phi) is 13.8. The number of unbranched alkanes of at least 4 members (excludes halogenated alkanes) is 6. The molecule has 1 nitrogen and oxygen atoms in total. The Morgan fingerprint density at radius 3 is 2.14 bits per heavy atom. The van der Waals surface area contributed by atoms with Gasteiger partial charge in [-0.25, -0.2) is 0 Å². The third kappa shape index (κ3) is 9.64. The van der Waals surface area contributed by atoms with Gasteiger partial charge in [0.05, 0.1) is 0 Å². The lowest BCUT2D eigenvalue weighted by molar-refractivity contribution is 0.614.